The monoisotopic (exact) mass is 172 g/mol. The molecule has 1 aromatic rings. The van der Waals surface area contributed by atoms with Crippen molar-refractivity contribution in [3.05, 3.63) is 34.9 Å². The normalized spacial score (nSPS) is 10.0. The molecular weight excluding hydrogens is 164 g/mol. The van der Waals surface area contributed by atoms with Gasteiger partial charge in [0.25, 0.3) is 0 Å². The van der Waals surface area contributed by atoms with Crippen molar-refractivity contribution in [1.29, 1.82) is 0 Å². The molecule has 0 unspecified atom stereocenters. The van der Waals surface area contributed by atoms with Gasteiger partial charge in [0, 0.05) is 5.02 Å². The van der Waals surface area contributed by atoms with Crippen molar-refractivity contribution >= 4 is 11.6 Å². The van der Waals surface area contributed by atoms with Gasteiger partial charge in [-0.3, -0.25) is 0 Å². The van der Waals surface area contributed by atoms with Gasteiger partial charge in [-0.2, -0.15) is 0 Å². The van der Waals surface area contributed by atoms with Gasteiger partial charge in [-0.15, -0.1) is 0 Å². The van der Waals surface area contributed by atoms with Crippen LogP contribution in [-0.4, -0.2) is 11.9 Å². The molecule has 1 N–H and O–H groups in total. The average molecular weight is 173 g/mol. The van der Waals surface area contributed by atoms with Gasteiger partial charge >= 0.3 is 0 Å². The van der Waals surface area contributed by atoms with E-state index in [0.29, 0.717) is 11.6 Å². The highest BCUT2D eigenvalue weighted by Crippen LogP contribution is 2.09. The number of aliphatic hydroxyl groups is 1. The van der Waals surface area contributed by atoms with Crippen LogP contribution >= 0.6 is 11.6 Å². The fourth-order valence-electron chi connectivity index (χ4n) is 0.744. The third kappa shape index (κ3) is 2.89. The number of ether oxygens (including phenoxy) is 1. The summed E-state index contributed by atoms with van der Waals surface area (Å²) in [6.07, 6.45) is 0. The third-order valence-electron chi connectivity index (χ3n) is 1.27. The Morgan fingerprint density at radius 1 is 1.27 bits per heavy atom. The molecule has 0 atom stereocenters. The van der Waals surface area contributed by atoms with Crippen LogP contribution in [-0.2, 0) is 11.3 Å². The minimum absolute atomic E-state index is 0.247. The molecule has 0 aliphatic heterocycles. The van der Waals surface area contributed by atoms with E-state index in [0.717, 1.165) is 5.56 Å². The molecule has 0 aliphatic carbocycles. The maximum atomic E-state index is 8.33. The second-order valence-corrected chi connectivity index (χ2v) is 2.54. The van der Waals surface area contributed by atoms with E-state index in [4.69, 9.17) is 21.4 Å². The van der Waals surface area contributed by atoms with E-state index in [1.165, 1.54) is 0 Å². The molecule has 0 spiro atoms. The van der Waals surface area contributed by atoms with Gasteiger partial charge in [0.05, 0.1) is 6.61 Å². The lowest BCUT2D eigenvalue weighted by Crippen LogP contribution is -1.92. The molecule has 0 aromatic heterocycles. The summed E-state index contributed by atoms with van der Waals surface area (Å²) in [7, 11) is 0. The maximum absolute atomic E-state index is 8.33. The number of benzene rings is 1. The molecule has 0 bridgehead atoms. The first-order valence-electron chi connectivity index (χ1n) is 3.26. The van der Waals surface area contributed by atoms with Crippen molar-refractivity contribution in [3.63, 3.8) is 0 Å². The van der Waals surface area contributed by atoms with Crippen LogP contribution < -0.4 is 0 Å². The molecule has 0 saturated heterocycles. The fraction of sp³-hybridized carbons (Fsp3) is 0.250. The summed E-state index contributed by atoms with van der Waals surface area (Å²) in [5.41, 5.74) is 1.00. The SMILES string of the molecule is OCOCc1ccc(Cl)cc1. The van der Waals surface area contributed by atoms with Crippen molar-refractivity contribution < 1.29 is 9.84 Å². The third-order valence-corrected chi connectivity index (χ3v) is 1.53. The minimum Gasteiger partial charge on any atom is -0.371 e. The minimum atomic E-state index is -0.247. The summed E-state index contributed by atoms with van der Waals surface area (Å²) >= 11 is 5.66. The lowest BCUT2D eigenvalue weighted by Gasteiger charge is -1.99. The summed E-state index contributed by atoms with van der Waals surface area (Å²) in [5.74, 6) is 0. The van der Waals surface area contributed by atoms with Gasteiger partial charge in [-0.25, -0.2) is 0 Å². The number of rotatable bonds is 3. The predicted octanol–water partition coefficient (Wildman–Crippen LogP) is 1.81. The zero-order valence-corrected chi connectivity index (χ0v) is 6.71. The number of halogens is 1. The van der Waals surface area contributed by atoms with E-state index < -0.39 is 0 Å². The number of aliphatic hydroxyl groups excluding tert-OH is 1. The van der Waals surface area contributed by atoms with Crippen molar-refractivity contribution in [2.45, 2.75) is 6.61 Å². The van der Waals surface area contributed by atoms with E-state index >= 15 is 0 Å². The van der Waals surface area contributed by atoms with Crippen LogP contribution in [0, 0.1) is 0 Å². The highest BCUT2D eigenvalue weighted by Gasteiger charge is 1.91. The smallest absolute Gasteiger partial charge is 0.144 e. The molecule has 0 radical (unpaired) electrons. The van der Waals surface area contributed by atoms with E-state index in [9.17, 15) is 0 Å². The molecule has 3 heteroatoms. The lowest BCUT2D eigenvalue weighted by molar-refractivity contribution is -0.0112. The second-order valence-electron chi connectivity index (χ2n) is 2.10. The van der Waals surface area contributed by atoms with E-state index in [1.807, 2.05) is 12.1 Å². The first-order chi connectivity index (χ1) is 5.33. The molecule has 1 rings (SSSR count). The Morgan fingerprint density at radius 3 is 2.45 bits per heavy atom. The van der Waals surface area contributed by atoms with Crippen molar-refractivity contribution in [3.8, 4) is 0 Å². The molecule has 0 aliphatic rings. The Balaban J connectivity index is 2.52. The molecule has 2 nitrogen and oxygen atoms in total. The van der Waals surface area contributed by atoms with Gasteiger partial charge in [0.1, 0.15) is 6.79 Å². The highest BCUT2D eigenvalue weighted by molar-refractivity contribution is 6.30. The largest absolute Gasteiger partial charge is 0.371 e. The molecule has 0 amide bonds. The molecule has 1 aromatic carbocycles. The topological polar surface area (TPSA) is 29.5 Å². The summed E-state index contributed by atoms with van der Waals surface area (Å²) in [5, 5.41) is 9.04. The van der Waals surface area contributed by atoms with Crippen LogP contribution in [0.25, 0.3) is 0 Å². The molecule has 60 valence electrons. The molecule has 0 fully saturated rings. The first kappa shape index (κ1) is 8.53. The lowest BCUT2D eigenvalue weighted by atomic mass is 10.2. The summed E-state index contributed by atoms with van der Waals surface area (Å²) in [6, 6.07) is 7.30. The summed E-state index contributed by atoms with van der Waals surface area (Å²) < 4.78 is 4.77. The zero-order valence-electron chi connectivity index (χ0n) is 5.96. The van der Waals surface area contributed by atoms with E-state index in [2.05, 4.69) is 0 Å². The van der Waals surface area contributed by atoms with E-state index in [1.54, 1.807) is 12.1 Å². The second kappa shape index (κ2) is 4.34. The summed E-state index contributed by atoms with van der Waals surface area (Å²) in [6.45, 7) is 0.177. The molecule has 0 saturated carbocycles. The Labute approximate surface area is 70.4 Å². The summed E-state index contributed by atoms with van der Waals surface area (Å²) in [4.78, 5) is 0. The van der Waals surface area contributed by atoms with Crippen molar-refractivity contribution in [1.82, 2.24) is 0 Å². The van der Waals surface area contributed by atoms with Gasteiger partial charge in [0.15, 0.2) is 0 Å². The quantitative estimate of drug-likeness (QED) is 0.705. The Hall–Kier alpha value is -0.570. The van der Waals surface area contributed by atoms with Crippen LogP contribution in [0.2, 0.25) is 5.02 Å². The van der Waals surface area contributed by atoms with Gasteiger partial charge in [-0.05, 0) is 17.7 Å². The Bertz CT molecular complexity index is 208. The predicted molar refractivity (Wildman–Crippen MR) is 43.3 cm³/mol. The molecule has 11 heavy (non-hydrogen) atoms. The van der Waals surface area contributed by atoms with Crippen molar-refractivity contribution in [2.24, 2.45) is 0 Å². The molecular formula is C8H9ClO2. The van der Waals surface area contributed by atoms with Crippen LogP contribution in [0.3, 0.4) is 0 Å². The zero-order chi connectivity index (χ0) is 8.10. The average Bonchev–Trinajstić information content (AvgIpc) is 2.04. The maximum Gasteiger partial charge on any atom is 0.144 e. The highest BCUT2D eigenvalue weighted by atomic mass is 35.5. The molecule has 0 heterocycles. The first-order valence-corrected chi connectivity index (χ1v) is 3.64. The van der Waals surface area contributed by atoms with Crippen LogP contribution in [0.1, 0.15) is 5.56 Å². The van der Waals surface area contributed by atoms with Crippen LogP contribution in [0.5, 0.6) is 0 Å². The number of hydrogen-bond acceptors (Lipinski definition) is 2. The van der Waals surface area contributed by atoms with Gasteiger partial charge in [-0.1, -0.05) is 23.7 Å². The fourth-order valence-corrected chi connectivity index (χ4v) is 0.870. The van der Waals surface area contributed by atoms with Gasteiger partial charge < -0.3 is 9.84 Å². The number of hydrogen-bond donors (Lipinski definition) is 1. The van der Waals surface area contributed by atoms with Crippen molar-refractivity contribution in [2.75, 3.05) is 6.79 Å². The van der Waals surface area contributed by atoms with E-state index in [-0.39, 0.29) is 6.79 Å². The standard InChI is InChI=1S/C8H9ClO2/c9-8-3-1-7(2-4-8)5-11-6-10/h1-4,10H,5-6H2. The Kier molecular flexibility index (Phi) is 3.36. The Morgan fingerprint density at radius 2 is 1.91 bits per heavy atom. The van der Waals surface area contributed by atoms with Gasteiger partial charge in [0.2, 0.25) is 0 Å². The van der Waals surface area contributed by atoms with Crippen LogP contribution in [0.15, 0.2) is 24.3 Å². The van der Waals surface area contributed by atoms with Crippen LogP contribution in [0.4, 0.5) is 0 Å².